The average molecular weight is 465 g/mol. The maximum atomic E-state index is 14.3. The molecule has 0 radical (unpaired) electrons. The van der Waals surface area contributed by atoms with Crippen molar-refractivity contribution in [1.82, 2.24) is 24.6 Å². The summed E-state index contributed by atoms with van der Waals surface area (Å²) in [5.41, 5.74) is 4.41. The highest BCUT2D eigenvalue weighted by Crippen LogP contribution is 2.44. The number of hydrogen-bond acceptors (Lipinski definition) is 6. The van der Waals surface area contributed by atoms with E-state index in [0.29, 0.717) is 24.0 Å². The molecule has 0 bridgehead atoms. The van der Waals surface area contributed by atoms with Gasteiger partial charge in [0.2, 0.25) is 0 Å². The van der Waals surface area contributed by atoms with Gasteiger partial charge in [-0.15, -0.1) is 10.2 Å². The van der Waals surface area contributed by atoms with Crippen molar-refractivity contribution in [3.05, 3.63) is 58.7 Å². The molecule has 34 heavy (non-hydrogen) atoms. The fraction of sp³-hybridized carbons (Fsp3) is 0.440. The molecule has 3 aromatic heterocycles. The van der Waals surface area contributed by atoms with Gasteiger partial charge >= 0.3 is 0 Å². The van der Waals surface area contributed by atoms with Gasteiger partial charge < -0.3 is 10.1 Å². The minimum absolute atomic E-state index is 0.137. The highest BCUT2D eigenvalue weighted by molar-refractivity contribution is 5.90. The second kappa shape index (κ2) is 7.94. The summed E-state index contributed by atoms with van der Waals surface area (Å²) < 4.78 is 36.2. The molecule has 0 unspecified atom stereocenters. The lowest BCUT2D eigenvalue weighted by molar-refractivity contribution is -0.00184. The number of rotatable bonds is 4. The molecule has 4 heterocycles. The number of halogens is 2. The molecule has 1 fully saturated rings. The zero-order valence-corrected chi connectivity index (χ0v) is 19.2. The average Bonchev–Trinajstić information content (AvgIpc) is 3.44. The van der Waals surface area contributed by atoms with Crippen molar-refractivity contribution in [1.29, 1.82) is 0 Å². The number of pyridine rings is 1. The number of fused-ring (bicyclic) bond motifs is 4. The summed E-state index contributed by atoms with van der Waals surface area (Å²) in [6, 6.07) is 7.11. The smallest absolute Gasteiger partial charge is 0.273 e. The van der Waals surface area contributed by atoms with Crippen LogP contribution in [0.15, 0.2) is 30.6 Å². The van der Waals surface area contributed by atoms with E-state index in [1.54, 1.807) is 18.5 Å². The Labute approximate surface area is 195 Å². The van der Waals surface area contributed by atoms with Crippen LogP contribution in [0, 0.1) is 6.92 Å². The lowest BCUT2D eigenvalue weighted by Crippen LogP contribution is -2.16. The number of anilines is 1. The van der Waals surface area contributed by atoms with Gasteiger partial charge in [0.25, 0.3) is 5.92 Å². The summed E-state index contributed by atoms with van der Waals surface area (Å²) in [5.74, 6) is -1.15. The van der Waals surface area contributed by atoms with Crippen LogP contribution in [-0.2, 0) is 17.1 Å². The van der Waals surface area contributed by atoms with Gasteiger partial charge in [-0.3, -0.25) is 4.40 Å². The number of benzene rings is 1. The molecule has 2 aliphatic rings. The summed E-state index contributed by atoms with van der Waals surface area (Å²) in [4.78, 5) is 9.40. The van der Waals surface area contributed by atoms with E-state index in [9.17, 15) is 8.78 Å². The van der Waals surface area contributed by atoms with E-state index < -0.39 is 5.92 Å². The lowest BCUT2D eigenvalue weighted by atomic mass is 9.91. The highest BCUT2D eigenvalue weighted by Gasteiger charge is 2.40. The molecule has 6 rings (SSSR count). The maximum Gasteiger partial charge on any atom is 0.273 e. The third kappa shape index (κ3) is 3.41. The molecule has 4 aromatic rings. The Morgan fingerprint density at radius 2 is 2.00 bits per heavy atom. The summed E-state index contributed by atoms with van der Waals surface area (Å²) in [6.07, 6.45) is 3.77. The van der Waals surface area contributed by atoms with Crippen LogP contribution in [0.5, 0.6) is 0 Å². The lowest BCUT2D eigenvalue weighted by Gasteiger charge is -2.24. The Morgan fingerprint density at radius 1 is 1.18 bits per heavy atom. The van der Waals surface area contributed by atoms with Gasteiger partial charge in [0.05, 0.1) is 11.4 Å². The van der Waals surface area contributed by atoms with Crippen molar-refractivity contribution in [2.45, 2.75) is 57.4 Å². The van der Waals surface area contributed by atoms with Crippen LogP contribution in [0.3, 0.4) is 0 Å². The van der Waals surface area contributed by atoms with E-state index in [4.69, 9.17) is 9.72 Å². The standard InChI is InChI=1S/C25H26F2N6O/c1-14(17-4-3-5-21-18(17)6-9-25(21,26)27)29-22-20-12-19(16-7-10-34-11-8-16)24-32-28-13-33(24)23(20)31-15(2)30-22/h3-5,12-14,16H,6-11H2,1-2H3,(H,29,30,31)/t14-/m1/s1. The normalized spacial score (nSPS) is 18.9. The molecule has 1 aliphatic heterocycles. The monoisotopic (exact) mass is 464 g/mol. The Bertz CT molecular complexity index is 1400. The molecule has 176 valence electrons. The molecule has 1 aromatic carbocycles. The number of aryl methyl sites for hydroxylation is 1. The molecule has 7 nitrogen and oxygen atoms in total. The molecule has 1 saturated heterocycles. The van der Waals surface area contributed by atoms with Gasteiger partial charge in [-0.05, 0) is 56.2 Å². The fourth-order valence-corrected chi connectivity index (χ4v) is 5.44. The van der Waals surface area contributed by atoms with E-state index in [-0.39, 0.29) is 18.0 Å². The molecule has 1 atom stereocenters. The van der Waals surface area contributed by atoms with Gasteiger partial charge in [-0.1, -0.05) is 18.2 Å². The number of aromatic nitrogens is 5. The van der Waals surface area contributed by atoms with Crippen LogP contribution < -0.4 is 5.32 Å². The molecule has 9 heteroatoms. The molecule has 0 spiro atoms. The van der Waals surface area contributed by atoms with E-state index in [1.807, 2.05) is 24.3 Å². The molecule has 1 aliphatic carbocycles. The van der Waals surface area contributed by atoms with Crippen molar-refractivity contribution >= 4 is 22.5 Å². The van der Waals surface area contributed by atoms with Crippen LogP contribution >= 0.6 is 0 Å². The zero-order chi connectivity index (χ0) is 23.4. The predicted molar refractivity (Wildman–Crippen MR) is 124 cm³/mol. The summed E-state index contributed by atoms with van der Waals surface area (Å²) in [5, 5.41) is 12.9. The zero-order valence-electron chi connectivity index (χ0n) is 19.2. The second-order valence-electron chi connectivity index (χ2n) is 9.31. The topological polar surface area (TPSA) is 77.2 Å². The Kier molecular flexibility index (Phi) is 4.98. The van der Waals surface area contributed by atoms with E-state index >= 15 is 0 Å². The van der Waals surface area contributed by atoms with Gasteiger partial charge in [-0.25, -0.2) is 18.7 Å². The third-order valence-electron chi connectivity index (χ3n) is 7.15. The minimum atomic E-state index is -2.76. The highest BCUT2D eigenvalue weighted by atomic mass is 19.3. The fourth-order valence-electron chi connectivity index (χ4n) is 5.44. The van der Waals surface area contributed by atoms with Crippen LogP contribution in [0.25, 0.3) is 16.7 Å². The Morgan fingerprint density at radius 3 is 2.82 bits per heavy atom. The number of nitrogens with zero attached hydrogens (tertiary/aromatic N) is 5. The SMILES string of the molecule is Cc1nc(N[C@H](C)c2cccc3c2CCC3(F)F)c2cc(C3CCOCC3)c3nncn3c2n1. The predicted octanol–water partition coefficient (Wildman–Crippen LogP) is 5.09. The largest absolute Gasteiger partial charge is 0.381 e. The quantitative estimate of drug-likeness (QED) is 0.454. The molecule has 0 saturated carbocycles. The van der Waals surface area contributed by atoms with Crippen LogP contribution in [-0.4, -0.2) is 37.8 Å². The summed E-state index contributed by atoms with van der Waals surface area (Å²) in [6.45, 7) is 5.28. The number of ether oxygens (including phenoxy) is 1. The summed E-state index contributed by atoms with van der Waals surface area (Å²) >= 11 is 0. The molecule has 1 N–H and O–H groups in total. The first-order valence-electron chi connectivity index (χ1n) is 11.8. The van der Waals surface area contributed by atoms with Gasteiger partial charge in [-0.2, -0.15) is 0 Å². The maximum absolute atomic E-state index is 14.3. The molecular weight excluding hydrogens is 438 g/mol. The minimum Gasteiger partial charge on any atom is -0.381 e. The number of nitrogens with one attached hydrogen (secondary N) is 1. The summed E-state index contributed by atoms with van der Waals surface area (Å²) in [7, 11) is 0. The van der Waals surface area contributed by atoms with Gasteiger partial charge in [0, 0.05) is 30.8 Å². The van der Waals surface area contributed by atoms with Crippen LogP contribution in [0.2, 0.25) is 0 Å². The Balaban J connectivity index is 1.46. The number of alkyl halides is 2. The van der Waals surface area contributed by atoms with E-state index in [0.717, 1.165) is 59.4 Å². The number of hydrogen-bond donors (Lipinski definition) is 1. The first-order chi connectivity index (χ1) is 16.4. The molecule has 0 amide bonds. The molecular formula is C25H26F2N6O. The van der Waals surface area contributed by atoms with Crippen molar-refractivity contribution in [3.63, 3.8) is 0 Å². The first-order valence-corrected chi connectivity index (χ1v) is 11.8. The van der Waals surface area contributed by atoms with Crippen molar-refractivity contribution in [2.24, 2.45) is 0 Å². The second-order valence-corrected chi connectivity index (χ2v) is 9.31. The van der Waals surface area contributed by atoms with E-state index in [2.05, 4.69) is 26.6 Å². The van der Waals surface area contributed by atoms with Crippen molar-refractivity contribution in [2.75, 3.05) is 18.5 Å². The third-order valence-corrected chi connectivity index (χ3v) is 7.15. The van der Waals surface area contributed by atoms with Gasteiger partial charge in [0.15, 0.2) is 11.3 Å². The van der Waals surface area contributed by atoms with Crippen molar-refractivity contribution in [3.8, 4) is 0 Å². The van der Waals surface area contributed by atoms with Gasteiger partial charge in [0.1, 0.15) is 18.0 Å². The Hall–Kier alpha value is -3.20. The first kappa shape index (κ1) is 21.3. The van der Waals surface area contributed by atoms with E-state index in [1.165, 1.54) is 0 Å². The van der Waals surface area contributed by atoms with Crippen LogP contribution in [0.1, 0.15) is 66.2 Å². The van der Waals surface area contributed by atoms with Crippen LogP contribution in [0.4, 0.5) is 14.6 Å². The van der Waals surface area contributed by atoms with Crippen molar-refractivity contribution < 1.29 is 13.5 Å².